The number of ether oxygens (including phenoxy) is 3. The van der Waals surface area contributed by atoms with Crippen LogP contribution in [0, 0.1) is 0 Å². The highest BCUT2D eigenvalue weighted by molar-refractivity contribution is 5.71. The summed E-state index contributed by atoms with van der Waals surface area (Å²) in [5.74, 6) is -0.891. The fraction of sp³-hybridized carbons (Fsp3) is 0.764. The van der Waals surface area contributed by atoms with Crippen molar-refractivity contribution in [2.75, 3.05) is 13.2 Å². The number of carbonyl (C=O) groups excluding carboxylic acids is 3. The van der Waals surface area contributed by atoms with Crippen molar-refractivity contribution < 1.29 is 28.6 Å². The Labute approximate surface area is 484 Å². The van der Waals surface area contributed by atoms with Crippen molar-refractivity contribution in [2.24, 2.45) is 0 Å². The van der Waals surface area contributed by atoms with Gasteiger partial charge in [-0.3, -0.25) is 14.4 Å². The van der Waals surface area contributed by atoms with E-state index in [-0.39, 0.29) is 31.1 Å². The summed E-state index contributed by atoms with van der Waals surface area (Å²) in [4.78, 5) is 38.4. The second-order valence-electron chi connectivity index (χ2n) is 22.3. The summed E-state index contributed by atoms with van der Waals surface area (Å²) >= 11 is 0. The van der Waals surface area contributed by atoms with E-state index >= 15 is 0 Å². The Kier molecular flexibility index (Phi) is 63.2. The lowest BCUT2D eigenvalue weighted by molar-refractivity contribution is -0.167. The van der Waals surface area contributed by atoms with Crippen LogP contribution >= 0.6 is 0 Å². The Balaban J connectivity index is 4.32. The summed E-state index contributed by atoms with van der Waals surface area (Å²) in [6, 6.07) is 0. The summed E-state index contributed by atoms with van der Waals surface area (Å²) in [6.07, 6.45) is 87.4. The van der Waals surface area contributed by atoms with Crippen LogP contribution in [-0.4, -0.2) is 37.2 Å². The van der Waals surface area contributed by atoms with Crippen molar-refractivity contribution in [3.05, 3.63) is 85.1 Å². The molecule has 1 atom stereocenters. The summed E-state index contributed by atoms with van der Waals surface area (Å²) in [5, 5.41) is 0. The molecular weight excluding hydrogens is 961 g/mol. The van der Waals surface area contributed by atoms with Gasteiger partial charge in [0.25, 0.3) is 0 Å². The first kappa shape index (κ1) is 74.6. The number of rotatable bonds is 61. The van der Waals surface area contributed by atoms with Gasteiger partial charge in [-0.05, 0) is 109 Å². The Hall–Kier alpha value is -3.41. The summed E-state index contributed by atoms with van der Waals surface area (Å²) < 4.78 is 16.9. The SMILES string of the molecule is CC/C=C\C/C=C\C/C=C\C/C=C\CCCCCCCCCCC(=O)OC(COC(=O)CCCCCCC/C=C\C/C=C\CCCC)COC(=O)CCCCCCCCCCCCCCC/C=C\CCCCCCCCCC. The second-order valence-corrected chi connectivity index (χ2v) is 22.3. The molecule has 1 unspecified atom stereocenters. The molecule has 0 aliphatic rings. The number of unbranched alkanes of at least 4 members (excludes halogenated alkanes) is 36. The number of allylic oxidation sites excluding steroid dienone is 14. The monoisotopic (exact) mass is 1090 g/mol. The summed E-state index contributed by atoms with van der Waals surface area (Å²) in [6.45, 7) is 6.51. The molecule has 0 aromatic carbocycles. The van der Waals surface area contributed by atoms with Gasteiger partial charge in [0.1, 0.15) is 13.2 Å². The Morgan fingerprint density at radius 3 is 0.833 bits per heavy atom. The molecule has 78 heavy (non-hydrogen) atoms. The molecule has 0 aromatic heterocycles. The van der Waals surface area contributed by atoms with E-state index in [2.05, 4.69) is 106 Å². The van der Waals surface area contributed by atoms with Crippen molar-refractivity contribution >= 4 is 17.9 Å². The van der Waals surface area contributed by atoms with Crippen LogP contribution in [0.2, 0.25) is 0 Å². The molecule has 6 nitrogen and oxygen atoms in total. The highest BCUT2D eigenvalue weighted by atomic mass is 16.6. The van der Waals surface area contributed by atoms with Gasteiger partial charge in [0.05, 0.1) is 0 Å². The molecule has 0 spiro atoms. The fourth-order valence-electron chi connectivity index (χ4n) is 9.57. The zero-order chi connectivity index (χ0) is 56.4. The van der Waals surface area contributed by atoms with E-state index < -0.39 is 6.10 Å². The van der Waals surface area contributed by atoms with E-state index in [1.807, 2.05) is 0 Å². The van der Waals surface area contributed by atoms with Crippen molar-refractivity contribution in [2.45, 2.75) is 341 Å². The van der Waals surface area contributed by atoms with Crippen molar-refractivity contribution in [3.8, 4) is 0 Å². The summed E-state index contributed by atoms with van der Waals surface area (Å²) in [7, 11) is 0. The molecule has 0 aliphatic heterocycles. The molecule has 6 heteroatoms. The van der Waals surface area contributed by atoms with Crippen molar-refractivity contribution in [1.82, 2.24) is 0 Å². The van der Waals surface area contributed by atoms with Gasteiger partial charge in [0.2, 0.25) is 0 Å². The van der Waals surface area contributed by atoms with E-state index in [4.69, 9.17) is 14.2 Å². The quantitative estimate of drug-likeness (QED) is 0.0261. The molecule has 0 aliphatic carbocycles. The van der Waals surface area contributed by atoms with Gasteiger partial charge < -0.3 is 14.2 Å². The topological polar surface area (TPSA) is 78.9 Å². The van der Waals surface area contributed by atoms with Gasteiger partial charge in [-0.2, -0.15) is 0 Å². The number of hydrogen-bond acceptors (Lipinski definition) is 6. The zero-order valence-electron chi connectivity index (χ0n) is 51.7. The lowest BCUT2D eigenvalue weighted by Crippen LogP contribution is -2.30. The molecule has 0 fully saturated rings. The highest BCUT2D eigenvalue weighted by Gasteiger charge is 2.19. The van der Waals surface area contributed by atoms with Crippen LogP contribution in [-0.2, 0) is 28.6 Å². The van der Waals surface area contributed by atoms with Crippen molar-refractivity contribution in [3.63, 3.8) is 0 Å². The van der Waals surface area contributed by atoms with Crippen molar-refractivity contribution in [1.29, 1.82) is 0 Å². The van der Waals surface area contributed by atoms with Crippen LogP contribution in [0.15, 0.2) is 85.1 Å². The molecule has 0 rings (SSSR count). The van der Waals surface area contributed by atoms with Crippen LogP contribution in [0.3, 0.4) is 0 Å². The van der Waals surface area contributed by atoms with E-state index in [0.717, 1.165) is 109 Å². The van der Waals surface area contributed by atoms with E-state index in [1.165, 1.54) is 186 Å². The van der Waals surface area contributed by atoms with Crippen LogP contribution in [0.1, 0.15) is 335 Å². The molecular formula is C72H126O6. The summed E-state index contributed by atoms with van der Waals surface area (Å²) in [5.41, 5.74) is 0. The maximum atomic E-state index is 12.9. The van der Waals surface area contributed by atoms with Crippen LogP contribution < -0.4 is 0 Å². The largest absolute Gasteiger partial charge is 0.462 e. The maximum absolute atomic E-state index is 12.9. The van der Waals surface area contributed by atoms with Gasteiger partial charge in [-0.15, -0.1) is 0 Å². The van der Waals surface area contributed by atoms with Gasteiger partial charge in [-0.1, -0.05) is 292 Å². The van der Waals surface area contributed by atoms with Crippen LogP contribution in [0.25, 0.3) is 0 Å². The number of hydrogen-bond donors (Lipinski definition) is 0. The molecule has 0 amide bonds. The predicted octanol–water partition coefficient (Wildman–Crippen LogP) is 23.1. The minimum Gasteiger partial charge on any atom is -0.462 e. The number of carbonyl (C=O) groups is 3. The first-order chi connectivity index (χ1) is 38.5. The molecule has 0 radical (unpaired) electrons. The minimum absolute atomic E-state index is 0.0828. The van der Waals surface area contributed by atoms with Gasteiger partial charge in [0.15, 0.2) is 6.10 Å². The second kappa shape index (κ2) is 66.1. The molecule has 0 bridgehead atoms. The molecule has 0 saturated heterocycles. The predicted molar refractivity (Wildman–Crippen MR) is 339 cm³/mol. The van der Waals surface area contributed by atoms with E-state index in [1.54, 1.807) is 0 Å². The smallest absolute Gasteiger partial charge is 0.306 e. The highest BCUT2D eigenvalue weighted by Crippen LogP contribution is 2.17. The first-order valence-electron chi connectivity index (χ1n) is 33.6. The zero-order valence-corrected chi connectivity index (χ0v) is 51.7. The number of esters is 3. The van der Waals surface area contributed by atoms with Gasteiger partial charge in [0, 0.05) is 19.3 Å². The molecule has 0 heterocycles. The lowest BCUT2D eigenvalue weighted by atomic mass is 10.0. The van der Waals surface area contributed by atoms with Gasteiger partial charge in [-0.25, -0.2) is 0 Å². The third-order valence-electron chi connectivity index (χ3n) is 14.6. The van der Waals surface area contributed by atoms with E-state index in [0.29, 0.717) is 19.3 Å². The average Bonchev–Trinajstić information content (AvgIpc) is 3.44. The molecule has 0 aromatic rings. The molecule has 450 valence electrons. The Morgan fingerprint density at radius 1 is 0.269 bits per heavy atom. The molecule has 0 saturated carbocycles. The van der Waals surface area contributed by atoms with Crippen LogP contribution in [0.4, 0.5) is 0 Å². The average molecular weight is 1090 g/mol. The fourth-order valence-corrected chi connectivity index (χ4v) is 9.57. The van der Waals surface area contributed by atoms with Gasteiger partial charge >= 0.3 is 17.9 Å². The molecule has 0 N–H and O–H groups in total. The first-order valence-corrected chi connectivity index (χ1v) is 33.6. The minimum atomic E-state index is -0.788. The lowest BCUT2D eigenvalue weighted by Gasteiger charge is -2.18. The third kappa shape index (κ3) is 63.4. The van der Waals surface area contributed by atoms with Crippen LogP contribution in [0.5, 0.6) is 0 Å². The standard InChI is InChI=1S/C72H126O6/c1-4-7-10-13-16-19-22-25-28-30-32-34-35-36-37-39-40-42-44-47-50-53-56-59-62-65-71(74)77-68-69(67-76-70(73)64-61-58-55-52-49-46-27-24-21-18-15-12-9-6-3)78-72(75)66-63-60-57-54-51-48-45-43-41-38-33-31-29-26-23-20-17-14-11-8-5-2/h8,11,15,17-18,20,24,26-27,29-30,32-33,38,69H,4-7,9-10,12-14,16,19,21-23,25,28,31,34-37,39-68H2,1-3H3/b11-8-,18-15-,20-17-,27-24-,29-26-,32-30-,38-33-. The Bertz CT molecular complexity index is 1480. The third-order valence-corrected chi connectivity index (χ3v) is 14.6. The normalized spacial score (nSPS) is 12.6. The van der Waals surface area contributed by atoms with E-state index in [9.17, 15) is 14.4 Å². The Morgan fingerprint density at radius 2 is 0.513 bits per heavy atom. The maximum Gasteiger partial charge on any atom is 0.306 e.